The lowest BCUT2D eigenvalue weighted by atomic mass is 9.88. The van der Waals surface area contributed by atoms with Gasteiger partial charge in [0.15, 0.2) is 9.84 Å². The van der Waals surface area contributed by atoms with E-state index in [9.17, 15) is 8.42 Å². The van der Waals surface area contributed by atoms with Gasteiger partial charge in [0, 0.05) is 10.6 Å². The number of hydrogen-bond donors (Lipinski definition) is 1. The molecule has 3 rings (SSSR count). The molecule has 0 unspecified atom stereocenters. The van der Waals surface area contributed by atoms with Crippen LogP contribution in [0.1, 0.15) is 56.7 Å². The second-order valence-corrected chi connectivity index (χ2v) is 9.56. The molecule has 0 saturated heterocycles. The number of rotatable bonds is 5. The molecule has 6 heteroatoms. The van der Waals surface area contributed by atoms with Gasteiger partial charge in [0.05, 0.1) is 16.7 Å². The summed E-state index contributed by atoms with van der Waals surface area (Å²) in [6, 6.07) is 14.9. The monoisotopic (exact) mass is 427 g/mol. The van der Waals surface area contributed by atoms with E-state index in [4.69, 9.17) is 11.6 Å². The van der Waals surface area contributed by atoms with Crippen LogP contribution in [0.5, 0.6) is 0 Å². The summed E-state index contributed by atoms with van der Waals surface area (Å²) in [5.41, 5.74) is 1.42. The average Bonchev–Trinajstić information content (AvgIpc) is 2.74. The van der Waals surface area contributed by atoms with Gasteiger partial charge in [0.25, 0.3) is 0 Å². The Morgan fingerprint density at radius 1 is 1.11 bits per heavy atom. The molecule has 0 aliphatic carbocycles. The van der Waals surface area contributed by atoms with Crippen molar-refractivity contribution >= 4 is 33.8 Å². The van der Waals surface area contributed by atoms with Crippen LogP contribution in [0.3, 0.4) is 0 Å². The van der Waals surface area contributed by atoms with E-state index in [1.807, 2.05) is 36.4 Å². The zero-order valence-corrected chi connectivity index (χ0v) is 18.1. The molecule has 0 bridgehead atoms. The Labute approximate surface area is 173 Å². The smallest absolute Gasteiger partial charge is 0.180 e. The molecule has 1 aliphatic rings. The molecule has 0 aromatic heterocycles. The summed E-state index contributed by atoms with van der Waals surface area (Å²) in [4.78, 5) is 0.444. The minimum atomic E-state index is -3.37. The minimum absolute atomic E-state index is 0. The Kier molecular flexibility index (Phi) is 7.37. The first-order valence-corrected chi connectivity index (χ1v) is 11.3. The molecule has 1 heterocycles. The Balaban J connectivity index is 0.00000261. The number of nitrogens with one attached hydrogen (secondary N) is 1. The topological polar surface area (TPSA) is 46.2 Å². The maximum atomic E-state index is 13.2. The van der Waals surface area contributed by atoms with Crippen LogP contribution in [0.25, 0.3) is 0 Å². The van der Waals surface area contributed by atoms with Crippen LogP contribution in [0.2, 0.25) is 5.02 Å². The highest BCUT2D eigenvalue weighted by Gasteiger charge is 2.41. The van der Waals surface area contributed by atoms with Crippen molar-refractivity contribution in [1.82, 2.24) is 5.32 Å². The molecule has 2 atom stereocenters. The zero-order chi connectivity index (χ0) is 18.8. The SMILES string of the molecule is CCCC[C@@]1(CC)CS(=O)(=O)c2ccccc2[C@H](c2ccc(Cl)cc2)N1.Cl. The van der Waals surface area contributed by atoms with Crippen LogP contribution in [-0.4, -0.2) is 19.7 Å². The quantitative estimate of drug-likeness (QED) is 0.678. The molecule has 1 N–H and O–H groups in total. The van der Waals surface area contributed by atoms with Gasteiger partial charge in [-0.25, -0.2) is 8.42 Å². The van der Waals surface area contributed by atoms with E-state index >= 15 is 0 Å². The minimum Gasteiger partial charge on any atom is -0.300 e. The summed E-state index contributed by atoms with van der Waals surface area (Å²) in [5.74, 6) is 0.137. The third-order valence-corrected chi connectivity index (χ3v) is 7.60. The Morgan fingerprint density at radius 3 is 2.41 bits per heavy atom. The Hall–Kier alpha value is -1.07. The van der Waals surface area contributed by atoms with Crippen molar-refractivity contribution < 1.29 is 8.42 Å². The van der Waals surface area contributed by atoms with Crippen LogP contribution in [-0.2, 0) is 9.84 Å². The normalized spacial score (nSPS) is 23.7. The first-order valence-electron chi connectivity index (χ1n) is 9.25. The van der Waals surface area contributed by atoms with Crippen molar-refractivity contribution in [2.75, 3.05) is 5.75 Å². The Morgan fingerprint density at radius 2 is 1.78 bits per heavy atom. The van der Waals surface area contributed by atoms with E-state index in [0.717, 1.165) is 36.8 Å². The molecule has 3 nitrogen and oxygen atoms in total. The number of unbranched alkanes of at least 4 members (excludes halogenated alkanes) is 1. The summed E-state index contributed by atoms with van der Waals surface area (Å²) in [5, 5.41) is 4.42. The standard InChI is InChI=1S/C21H26ClNO2S.ClH/c1-3-5-14-21(4-2)15-26(24,25)19-9-7-6-8-18(19)20(23-21)16-10-12-17(22)13-11-16;/h6-13,20,23H,3-5,14-15H2,1-2H3;1H/t20-,21-;/m0./s1. The molecular formula is C21H27Cl2NO2S. The van der Waals surface area contributed by atoms with Crippen molar-refractivity contribution in [3.8, 4) is 0 Å². The number of sulfone groups is 1. The van der Waals surface area contributed by atoms with Crippen molar-refractivity contribution in [3.05, 3.63) is 64.7 Å². The van der Waals surface area contributed by atoms with Gasteiger partial charge in [-0.05, 0) is 42.2 Å². The average molecular weight is 428 g/mol. The fourth-order valence-electron chi connectivity index (χ4n) is 3.83. The molecule has 148 valence electrons. The molecule has 27 heavy (non-hydrogen) atoms. The number of benzene rings is 2. The van der Waals surface area contributed by atoms with Crippen LogP contribution in [0, 0.1) is 0 Å². The summed E-state index contributed by atoms with van der Waals surface area (Å²) in [6.45, 7) is 4.22. The van der Waals surface area contributed by atoms with Crippen LogP contribution >= 0.6 is 24.0 Å². The first kappa shape index (κ1) is 22.2. The molecule has 0 fully saturated rings. The molecule has 2 aromatic rings. The molecule has 1 aliphatic heterocycles. The second kappa shape index (κ2) is 8.95. The fraction of sp³-hybridized carbons (Fsp3) is 0.429. The highest BCUT2D eigenvalue weighted by atomic mass is 35.5. The third-order valence-electron chi connectivity index (χ3n) is 5.37. The fourth-order valence-corrected chi connectivity index (χ4v) is 6.10. The molecule has 2 aromatic carbocycles. The summed E-state index contributed by atoms with van der Waals surface area (Å²) in [6.07, 6.45) is 3.66. The number of halogens is 2. The highest BCUT2D eigenvalue weighted by molar-refractivity contribution is 7.91. The lowest BCUT2D eigenvalue weighted by molar-refractivity contribution is 0.295. The van der Waals surface area contributed by atoms with Crippen LogP contribution in [0.15, 0.2) is 53.4 Å². The lowest BCUT2D eigenvalue weighted by Gasteiger charge is -2.36. The maximum absolute atomic E-state index is 13.2. The van der Waals surface area contributed by atoms with Gasteiger partial charge < -0.3 is 0 Å². The van der Waals surface area contributed by atoms with Crippen molar-refractivity contribution in [3.63, 3.8) is 0 Å². The van der Waals surface area contributed by atoms with E-state index in [2.05, 4.69) is 19.2 Å². The van der Waals surface area contributed by atoms with Gasteiger partial charge in [0.2, 0.25) is 0 Å². The van der Waals surface area contributed by atoms with Crippen LogP contribution < -0.4 is 5.32 Å². The van der Waals surface area contributed by atoms with Gasteiger partial charge in [0.1, 0.15) is 0 Å². The van der Waals surface area contributed by atoms with Crippen LogP contribution in [0.4, 0.5) is 0 Å². The second-order valence-electron chi connectivity index (χ2n) is 7.16. The Bertz CT molecular complexity index is 868. The van der Waals surface area contributed by atoms with E-state index in [0.29, 0.717) is 9.92 Å². The van der Waals surface area contributed by atoms with Crippen molar-refractivity contribution in [2.45, 2.75) is 56.0 Å². The van der Waals surface area contributed by atoms with E-state index < -0.39 is 15.4 Å². The summed E-state index contributed by atoms with van der Waals surface area (Å²) in [7, 11) is -3.37. The predicted molar refractivity (Wildman–Crippen MR) is 115 cm³/mol. The zero-order valence-electron chi connectivity index (χ0n) is 15.7. The molecule has 0 spiro atoms. The van der Waals surface area contributed by atoms with E-state index in [-0.39, 0.29) is 24.2 Å². The summed E-state index contributed by atoms with van der Waals surface area (Å²) >= 11 is 6.06. The van der Waals surface area contributed by atoms with E-state index in [1.165, 1.54) is 0 Å². The van der Waals surface area contributed by atoms with Gasteiger partial charge in [-0.2, -0.15) is 0 Å². The lowest BCUT2D eigenvalue weighted by Crippen LogP contribution is -2.50. The third kappa shape index (κ3) is 4.68. The molecule has 0 amide bonds. The van der Waals surface area contributed by atoms with Gasteiger partial charge >= 0.3 is 0 Å². The molecular weight excluding hydrogens is 401 g/mol. The van der Waals surface area contributed by atoms with Gasteiger partial charge in [-0.3, -0.25) is 5.32 Å². The predicted octanol–water partition coefficient (Wildman–Crippen LogP) is 5.57. The van der Waals surface area contributed by atoms with E-state index in [1.54, 1.807) is 12.1 Å². The largest absolute Gasteiger partial charge is 0.300 e. The molecule has 0 saturated carbocycles. The summed E-state index contributed by atoms with van der Waals surface area (Å²) < 4.78 is 26.4. The first-order chi connectivity index (χ1) is 12.4. The highest BCUT2D eigenvalue weighted by Crippen LogP contribution is 2.38. The number of fused-ring (bicyclic) bond motifs is 1. The number of hydrogen-bond acceptors (Lipinski definition) is 3. The van der Waals surface area contributed by atoms with Crippen molar-refractivity contribution in [2.24, 2.45) is 0 Å². The van der Waals surface area contributed by atoms with Gasteiger partial charge in [-0.15, -0.1) is 12.4 Å². The molecule has 0 radical (unpaired) electrons. The van der Waals surface area contributed by atoms with Gasteiger partial charge in [-0.1, -0.05) is 68.6 Å². The van der Waals surface area contributed by atoms with Crippen molar-refractivity contribution in [1.29, 1.82) is 0 Å². The maximum Gasteiger partial charge on any atom is 0.180 e.